The van der Waals surface area contributed by atoms with Crippen LogP contribution in [0, 0.1) is 0 Å². The van der Waals surface area contributed by atoms with E-state index in [-0.39, 0.29) is 11.4 Å². The molecule has 0 saturated heterocycles. The van der Waals surface area contributed by atoms with E-state index in [1.54, 1.807) is 6.21 Å². The number of aldehydes is 1. The van der Waals surface area contributed by atoms with Crippen LogP contribution in [-0.2, 0) is 4.79 Å². The fourth-order valence-electron chi connectivity index (χ4n) is 1.04. The monoisotopic (exact) mass is 197 g/mol. The van der Waals surface area contributed by atoms with Gasteiger partial charge in [0.2, 0.25) is 0 Å². The average Bonchev–Trinajstić information content (AvgIpc) is 2.15. The zero-order chi connectivity index (χ0) is 9.68. The fourth-order valence-corrected chi connectivity index (χ4v) is 1.12. The number of aliphatic imine (C=N–C) groups is 1. The third-order valence-corrected chi connectivity index (χ3v) is 1.89. The van der Waals surface area contributed by atoms with Gasteiger partial charge in [-0.1, -0.05) is 18.2 Å². The number of rotatable bonds is 3. The lowest BCUT2D eigenvalue weighted by atomic mass is 10.1. The summed E-state index contributed by atoms with van der Waals surface area (Å²) in [5, 5.41) is 0.0339. The normalized spacial score (nSPS) is 24.5. The molecule has 13 heavy (non-hydrogen) atoms. The van der Waals surface area contributed by atoms with Crippen LogP contribution in [0.15, 0.2) is 28.8 Å². The quantitative estimate of drug-likeness (QED) is 0.387. The Balaban J connectivity index is 2.48. The summed E-state index contributed by atoms with van der Waals surface area (Å²) in [4.78, 5) is 14.5. The van der Waals surface area contributed by atoms with Gasteiger partial charge in [0, 0.05) is 17.2 Å². The van der Waals surface area contributed by atoms with E-state index in [9.17, 15) is 4.79 Å². The van der Waals surface area contributed by atoms with Gasteiger partial charge >= 0.3 is 0 Å². The molecule has 1 aliphatic rings. The van der Waals surface area contributed by atoms with Crippen LogP contribution in [0.3, 0.4) is 0 Å². The van der Waals surface area contributed by atoms with Crippen molar-refractivity contribution in [3.05, 3.63) is 23.8 Å². The van der Waals surface area contributed by atoms with Gasteiger partial charge in [-0.25, -0.2) is 0 Å². The minimum atomic E-state index is 0.0339. The molecule has 0 fully saturated rings. The maximum absolute atomic E-state index is 10.3. The van der Waals surface area contributed by atoms with E-state index in [1.807, 2.05) is 25.2 Å². The minimum Gasteiger partial charge on any atom is -0.298 e. The number of alkyl halides is 1. The first kappa shape index (κ1) is 10.2. The Hall–Kier alpha value is -0.890. The van der Waals surface area contributed by atoms with Crippen LogP contribution in [0.25, 0.3) is 0 Å². The number of carbonyl (C=O) groups is 1. The van der Waals surface area contributed by atoms with Gasteiger partial charge in [0.15, 0.2) is 6.29 Å². The van der Waals surface area contributed by atoms with Crippen molar-refractivity contribution >= 4 is 24.1 Å². The van der Waals surface area contributed by atoms with E-state index in [1.165, 1.54) is 0 Å². The maximum atomic E-state index is 10.3. The Bertz CT molecular complexity index is 266. The van der Waals surface area contributed by atoms with Crippen molar-refractivity contribution < 1.29 is 4.79 Å². The van der Waals surface area contributed by atoms with Crippen LogP contribution >= 0.6 is 11.6 Å². The molecular weight excluding hydrogens is 186 g/mol. The summed E-state index contributed by atoms with van der Waals surface area (Å²) in [5.41, 5.74) is 0.656. The van der Waals surface area contributed by atoms with Crippen LogP contribution in [-0.4, -0.2) is 23.9 Å². The molecule has 0 N–H and O–H groups in total. The molecule has 1 heterocycles. The number of allylic oxidation sites excluding steroid dienone is 2. The van der Waals surface area contributed by atoms with E-state index in [2.05, 4.69) is 4.99 Å². The third kappa shape index (κ3) is 3.55. The SMILES string of the molecule is CC(Cl)/C=C/C1CC=C(C=O)C=N1. The zero-order valence-corrected chi connectivity index (χ0v) is 8.24. The van der Waals surface area contributed by atoms with E-state index in [0.717, 1.165) is 12.7 Å². The van der Waals surface area contributed by atoms with Crippen molar-refractivity contribution in [3.8, 4) is 0 Å². The van der Waals surface area contributed by atoms with Gasteiger partial charge < -0.3 is 0 Å². The van der Waals surface area contributed by atoms with Crippen molar-refractivity contribution in [2.75, 3.05) is 0 Å². The first-order chi connectivity index (χ1) is 6.22. The molecule has 0 aromatic carbocycles. The Morgan fingerprint density at radius 3 is 3.00 bits per heavy atom. The van der Waals surface area contributed by atoms with Gasteiger partial charge in [-0.05, 0) is 13.3 Å². The zero-order valence-electron chi connectivity index (χ0n) is 7.48. The molecule has 2 nitrogen and oxygen atoms in total. The molecule has 0 aliphatic carbocycles. The van der Waals surface area contributed by atoms with Gasteiger partial charge in [-0.3, -0.25) is 9.79 Å². The molecule has 2 unspecified atom stereocenters. The Morgan fingerprint density at radius 1 is 1.77 bits per heavy atom. The lowest BCUT2D eigenvalue weighted by molar-refractivity contribution is -0.104. The highest BCUT2D eigenvalue weighted by atomic mass is 35.5. The number of nitrogens with zero attached hydrogens (tertiary/aromatic N) is 1. The summed E-state index contributed by atoms with van der Waals surface area (Å²) in [5.74, 6) is 0. The third-order valence-electron chi connectivity index (χ3n) is 1.74. The van der Waals surface area contributed by atoms with Crippen molar-refractivity contribution in [1.29, 1.82) is 0 Å². The van der Waals surface area contributed by atoms with Crippen molar-refractivity contribution in [3.63, 3.8) is 0 Å². The van der Waals surface area contributed by atoms with Crippen LogP contribution in [0.5, 0.6) is 0 Å². The Kier molecular flexibility index (Phi) is 3.90. The van der Waals surface area contributed by atoms with Gasteiger partial charge in [-0.2, -0.15) is 0 Å². The van der Waals surface area contributed by atoms with Crippen LogP contribution in [0.1, 0.15) is 13.3 Å². The number of hydrogen-bond donors (Lipinski definition) is 0. The first-order valence-electron chi connectivity index (χ1n) is 4.23. The first-order valence-corrected chi connectivity index (χ1v) is 4.67. The second-order valence-corrected chi connectivity index (χ2v) is 3.65. The number of hydrogen-bond acceptors (Lipinski definition) is 2. The van der Waals surface area contributed by atoms with E-state index in [0.29, 0.717) is 5.57 Å². The summed E-state index contributed by atoms with van der Waals surface area (Å²) in [7, 11) is 0. The molecule has 2 atom stereocenters. The predicted octanol–water partition coefficient (Wildman–Crippen LogP) is 2.14. The summed E-state index contributed by atoms with van der Waals surface area (Å²) in [6, 6.07) is 0.143. The van der Waals surface area contributed by atoms with E-state index >= 15 is 0 Å². The number of halogens is 1. The molecule has 0 aromatic rings. The van der Waals surface area contributed by atoms with E-state index in [4.69, 9.17) is 11.6 Å². The smallest absolute Gasteiger partial charge is 0.151 e. The highest BCUT2D eigenvalue weighted by Gasteiger charge is 2.05. The summed E-state index contributed by atoms with van der Waals surface area (Å²) in [6.45, 7) is 1.90. The second-order valence-electron chi connectivity index (χ2n) is 2.97. The number of carbonyl (C=O) groups excluding carboxylic acids is 1. The summed E-state index contributed by atoms with van der Waals surface area (Å²) >= 11 is 5.74. The average molecular weight is 198 g/mol. The predicted molar refractivity (Wildman–Crippen MR) is 55.5 cm³/mol. The summed E-state index contributed by atoms with van der Waals surface area (Å²) < 4.78 is 0. The highest BCUT2D eigenvalue weighted by Crippen LogP contribution is 2.09. The van der Waals surface area contributed by atoms with Crippen molar-refractivity contribution in [2.24, 2.45) is 4.99 Å². The van der Waals surface area contributed by atoms with Crippen LogP contribution < -0.4 is 0 Å². The van der Waals surface area contributed by atoms with Crippen molar-refractivity contribution in [1.82, 2.24) is 0 Å². The molecule has 1 rings (SSSR count). The molecule has 70 valence electrons. The lowest BCUT2D eigenvalue weighted by Crippen LogP contribution is -2.06. The van der Waals surface area contributed by atoms with Crippen LogP contribution in [0.2, 0.25) is 0 Å². The van der Waals surface area contributed by atoms with Crippen LogP contribution in [0.4, 0.5) is 0 Å². The molecule has 1 aliphatic heterocycles. The van der Waals surface area contributed by atoms with E-state index < -0.39 is 0 Å². The number of dihydropyridines is 1. The maximum Gasteiger partial charge on any atom is 0.151 e. The van der Waals surface area contributed by atoms with Gasteiger partial charge in [0.05, 0.1) is 6.04 Å². The summed E-state index contributed by atoms with van der Waals surface area (Å²) in [6.07, 6.45) is 8.95. The minimum absolute atomic E-state index is 0.0339. The largest absolute Gasteiger partial charge is 0.298 e. The Morgan fingerprint density at radius 2 is 2.54 bits per heavy atom. The van der Waals surface area contributed by atoms with Gasteiger partial charge in [0.1, 0.15) is 0 Å². The molecular formula is C10H12ClNO. The fraction of sp³-hybridized carbons (Fsp3) is 0.400. The highest BCUT2D eigenvalue weighted by molar-refractivity contribution is 6.21. The second kappa shape index (κ2) is 4.97. The van der Waals surface area contributed by atoms with Gasteiger partial charge in [0.25, 0.3) is 0 Å². The standard InChI is InChI=1S/C10H12ClNO/c1-8(11)2-4-10-5-3-9(7-13)6-12-10/h2-4,6-8,10H,5H2,1H3/b4-2+. The topological polar surface area (TPSA) is 29.4 Å². The van der Waals surface area contributed by atoms with Gasteiger partial charge in [-0.15, -0.1) is 11.6 Å². The Labute approximate surface area is 83.0 Å². The van der Waals surface area contributed by atoms with Crippen molar-refractivity contribution in [2.45, 2.75) is 24.8 Å². The molecule has 0 aromatic heterocycles. The molecule has 0 amide bonds. The lowest BCUT2D eigenvalue weighted by Gasteiger charge is -2.09. The molecule has 3 heteroatoms. The molecule has 0 bridgehead atoms. The molecule has 0 spiro atoms. The molecule has 0 saturated carbocycles. The molecule has 0 radical (unpaired) electrons.